The average molecular weight is 402 g/mol. The number of carboxylic acids is 2. The number of carboxylic acid groups (broad SMARTS) is 2. The van der Waals surface area contributed by atoms with Crippen molar-refractivity contribution in [2.24, 2.45) is 0 Å². The van der Waals surface area contributed by atoms with E-state index in [4.69, 9.17) is 19.8 Å². The van der Waals surface area contributed by atoms with Gasteiger partial charge < -0.3 is 20.6 Å². The van der Waals surface area contributed by atoms with Crippen LogP contribution >= 0.6 is 0 Å². The van der Waals surface area contributed by atoms with Crippen molar-refractivity contribution in [2.75, 3.05) is 25.0 Å². The second-order valence-electron chi connectivity index (χ2n) is 6.26. The number of aliphatic carboxylic acids is 2. The minimum atomic E-state index is -1.82. The SMILES string of the molecule is Cc1ccc(NC(=O)CCN(CCO)Cc2ccccc2)cc1.O=C(O)C(=O)O. The number of rotatable bonds is 8. The molecule has 0 aromatic heterocycles. The van der Waals surface area contributed by atoms with Gasteiger partial charge in [0, 0.05) is 31.7 Å². The smallest absolute Gasteiger partial charge is 0.414 e. The standard InChI is InChI=1S/C19H24N2O2.C2H2O4/c1-16-7-9-18(10-8-16)20-19(23)11-12-21(13-14-22)15-17-5-3-2-4-6-17;3-1(4)2(5)6/h2-10,22H,11-15H2,1H3,(H,20,23);(H,3,4)(H,5,6). The summed E-state index contributed by atoms with van der Waals surface area (Å²) in [6, 6.07) is 17.8. The topological polar surface area (TPSA) is 127 Å². The lowest BCUT2D eigenvalue weighted by Gasteiger charge is -2.21. The zero-order valence-corrected chi connectivity index (χ0v) is 16.2. The van der Waals surface area contributed by atoms with E-state index >= 15 is 0 Å². The Morgan fingerprint density at radius 1 is 0.897 bits per heavy atom. The van der Waals surface area contributed by atoms with E-state index in [1.807, 2.05) is 49.4 Å². The predicted octanol–water partition coefficient (Wildman–Crippen LogP) is 1.97. The zero-order valence-electron chi connectivity index (χ0n) is 16.2. The van der Waals surface area contributed by atoms with E-state index < -0.39 is 11.9 Å². The summed E-state index contributed by atoms with van der Waals surface area (Å²) in [7, 11) is 0. The molecule has 2 rings (SSSR count). The summed E-state index contributed by atoms with van der Waals surface area (Å²) in [4.78, 5) is 32.3. The van der Waals surface area contributed by atoms with Crippen molar-refractivity contribution >= 4 is 23.5 Å². The molecule has 0 aliphatic carbocycles. The predicted molar refractivity (Wildman–Crippen MR) is 109 cm³/mol. The minimum absolute atomic E-state index is 0.00939. The summed E-state index contributed by atoms with van der Waals surface area (Å²) in [5, 5.41) is 26.9. The van der Waals surface area contributed by atoms with E-state index in [1.54, 1.807) is 0 Å². The highest BCUT2D eigenvalue weighted by Gasteiger charge is 2.09. The second-order valence-corrected chi connectivity index (χ2v) is 6.26. The molecule has 0 spiro atoms. The van der Waals surface area contributed by atoms with Gasteiger partial charge >= 0.3 is 11.9 Å². The summed E-state index contributed by atoms with van der Waals surface area (Å²) in [6.45, 7) is 4.02. The monoisotopic (exact) mass is 402 g/mol. The third kappa shape index (κ3) is 10.6. The fraction of sp³-hybridized carbons (Fsp3) is 0.286. The molecular weight excluding hydrogens is 376 g/mol. The first-order valence-electron chi connectivity index (χ1n) is 9.01. The van der Waals surface area contributed by atoms with Crippen LogP contribution < -0.4 is 5.32 Å². The molecule has 8 heteroatoms. The van der Waals surface area contributed by atoms with Crippen molar-refractivity contribution in [1.82, 2.24) is 4.90 Å². The first-order valence-corrected chi connectivity index (χ1v) is 9.01. The van der Waals surface area contributed by atoms with Crippen molar-refractivity contribution in [3.8, 4) is 0 Å². The van der Waals surface area contributed by atoms with Crippen LogP contribution in [0.25, 0.3) is 0 Å². The molecule has 8 nitrogen and oxygen atoms in total. The second kappa shape index (κ2) is 13.0. The third-order valence-electron chi connectivity index (χ3n) is 3.84. The number of aliphatic hydroxyl groups is 1. The van der Waals surface area contributed by atoms with E-state index in [9.17, 15) is 9.90 Å². The van der Waals surface area contributed by atoms with Gasteiger partial charge in [-0.2, -0.15) is 0 Å². The molecule has 0 aliphatic rings. The van der Waals surface area contributed by atoms with Crippen molar-refractivity contribution < 1.29 is 29.7 Å². The molecule has 0 saturated heterocycles. The first kappa shape index (κ1) is 23.8. The summed E-state index contributed by atoms with van der Waals surface area (Å²) in [5.74, 6) is -3.66. The third-order valence-corrected chi connectivity index (χ3v) is 3.84. The van der Waals surface area contributed by atoms with E-state index in [0.29, 0.717) is 19.5 Å². The molecular formula is C21H26N2O6. The van der Waals surface area contributed by atoms with Crippen LogP contribution in [0, 0.1) is 6.92 Å². The molecule has 1 amide bonds. The average Bonchev–Trinajstić information content (AvgIpc) is 2.69. The molecule has 0 atom stereocenters. The van der Waals surface area contributed by atoms with E-state index in [0.717, 1.165) is 12.2 Å². The van der Waals surface area contributed by atoms with Gasteiger partial charge in [-0.05, 0) is 24.6 Å². The number of nitrogens with one attached hydrogen (secondary N) is 1. The largest absolute Gasteiger partial charge is 0.473 e. The normalized spacial score (nSPS) is 10.0. The molecule has 0 fully saturated rings. The van der Waals surface area contributed by atoms with Crippen molar-refractivity contribution in [1.29, 1.82) is 0 Å². The molecule has 2 aromatic carbocycles. The van der Waals surface area contributed by atoms with Gasteiger partial charge in [-0.15, -0.1) is 0 Å². The lowest BCUT2D eigenvalue weighted by Crippen LogP contribution is -2.30. The van der Waals surface area contributed by atoms with Gasteiger partial charge in [-0.25, -0.2) is 9.59 Å². The van der Waals surface area contributed by atoms with Crippen LogP contribution in [-0.2, 0) is 20.9 Å². The van der Waals surface area contributed by atoms with Crippen molar-refractivity contribution in [3.05, 3.63) is 65.7 Å². The van der Waals surface area contributed by atoms with Crippen LogP contribution in [0.1, 0.15) is 17.5 Å². The van der Waals surface area contributed by atoms with Crippen LogP contribution in [0.2, 0.25) is 0 Å². The Kier molecular flexibility index (Phi) is 10.7. The summed E-state index contributed by atoms with van der Waals surface area (Å²) >= 11 is 0. The number of hydrogen-bond donors (Lipinski definition) is 4. The lowest BCUT2D eigenvalue weighted by atomic mass is 10.2. The molecule has 0 radical (unpaired) electrons. The Labute approximate surface area is 169 Å². The van der Waals surface area contributed by atoms with Crippen LogP contribution in [-0.4, -0.2) is 57.8 Å². The number of nitrogens with zero attached hydrogens (tertiary/aromatic N) is 1. The molecule has 0 heterocycles. The van der Waals surface area contributed by atoms with E-state index in [2.05, 4.69) is 22.3 Å². The molecule has 156 valence electrons. The highest BCUT2D eigenvalue weighted by molar-refractivity contribution is 6.27. The Balaban J connectivity index is 0.000000612. The van der Waals surface area contributed by atoms with E-state index in [-0.39, 0.29) is 12.5 Å². The quantitative estimate of drug-likeness (QED) is 0.497. The van der Waals surface area contributed by atoms with Gasteiger partial charge in [-0.3, -0.25) is 9.69 Å². The minimum Gasteiger partial charge on any atom is -0.473 e. The van der Waals surface area contributed by atoms with Crippen molar-refractivity contribution in [3.63, 3.8) is 0 Å². The van der Waals surface area contributed by atoms with Gasteiger partial charge in [0.1, 0.15) is 0 Å². The number of carbonyl (C=O) groups excluding carboxylic acids is 1. The first-order chi connectivity index (χ1) is 13.8. The fourth-order valence-corrected chi connectivity index (χ4v) is 2.37. The lowest BCUT2D eigenvalue weighted by molar-refractivity contribution is -0.159. The number of carbonyl (C=O) groups is 3. The van der Waals surface area contributed by atoms with Gasteiger partial charge in [0.15, 0.2) is 0 Å². The number of anilines is 1. The highest BCUT2D eigenvalue weighted by Crippen LogP contribution is 2.10. The molecule has 0 aliphatic heterocycles. The maximum absolute atomic E-state index is 12.1. The Hall–Kier alpha value is -3.23. The van der Waals surface area contributed by atoms with Crippen LogP contribution in [0.5, 0.6) is 0 Å². The summed E-state index contributed by atoms with van der Waals surface area (Å²) in [5.41, 5.74) is 3.16. The maximum atomic E-state index is 12.1. The molecule has 0 saturated carbocycles. The van der Waals surface area contributed by atoms with E-state index in [1.165, 1.54) is 11.1 Å². The number of benzene rings is 2. The molecule has 4 N–H and O–H groups in total. The Morgan fingerprint density at radius 3 is 2.00 bits per heavy atom. The number of amides is 1. The molecule has 0 unspecified atom stereocenters. The Bertz CT molecular complexity index is 766. The molecule has 29 heavy (non-hydrogen) atoms. The molecule has 2 aromatic rings. The molecule has 0 bridgehead atoms. The fourth-order valence-electron chi connectivity index (χ4n) is 2.37. The number of hydrogen-bond acceptors (Lipinski definition) is 5. The number of aliphatic hydroxyl groups excluding tert-OH is 1. The van der Waals surface area contributed by atoms with Gasteiger partial charge in [0.2, 0.25) is 5.91 Å². The summed E-state index contributed by atoms with van der Waals surface area (Å²) < 4.78 is 0. The van der Waals surface area contributed by atoms with Crippen LogP contribution in [0.3, 0.4) is 0 Å². The Morgan fingerprint density at radius 2 is 1.48 bits per heavy atom. The maximum Gasteiger partial charge on any atom is 0.414 e. The van der Waals surface area contributed by atoms with Crippen LogP contribution in [0.15, 0.2) is 54.6 Å². The van der Waals surface area contributed by atoms with Crippen molar-refractivity contribution in [2.45, 2.75) is 19.9 Å². The van der Waals surface area contributed by atoms with Gasteiger partial charge in [-0.1, -0.05) is 48.0 Å². The highest BCUT2D eigenvalue weighted by atomic mass is 16.4. The summed E-state index contributed by atoms with van der Waals surface area (Å²) in [6.07, 6.45) is 0.403. The van der Waals surface area contributed by atoms with Gasteiger partial charge in [0.25, 0.3) is 0 Å². The van der Waals surface area contributed by atoms with Gasteiger partial charge in [0.05, 0.1) is 6.61 Å². The zero-order chi connectivity index (χ0) is 21.6. The van der Waals surface area contributed by atoms with Crippen LogP contribution in [0.4, 0.5) is 5.69 Å². The number of aryl methyl sites for hydroxylation is 1.